The van der Waals surface area contributed by atoms with Gasteiger partial charge in [-0.15, -0.1) is 0 Å². The third-order valence-corrected chi connectivity index (χ3v) is 2.73. The van der Waals surface area contributed by atoms with Crippen molar-refractivity contribution in [3.05, 3.63) is 11.3 Å². The monoisotopic (exact) mass is 216 g/mol. The maximum Gasteiger partial charge on any atom is 0.296 e. The quantitative estimate of drug-likeness (QED) is 0.789. The predicted molar refractivity (Wildman–Crippen MR) is 49.2 cm³/mol. The molecule has 0 atom stereocenters. The Morgan fingerprint density at radius 3 is 2.71 bits per heavy atom. The van der Waals surface area contributed by atoms with Gasteiger partial charge in [-0.05, 0) is 0 Å². The average molecular weight is 216 g/mol. The molecule has 0 aliphatic carbocycles. The fourth-order valence-electron chi connectivity index (χ4n) is 0.959. The summed E-state index contributed by atoms with van der Waals surface area (Å²) in [7, 11) is 0. The Morgan fingerprint density at radius 2 is 2.14 bits per heavy atom. The van der Waals surface area contributed by atoms with Gasteiger partial charge in [-0.2, -0.15) is 8.78 Å². The molecule has 74 valence electrons. The molecule has 0 saturated heterocycles. The van der Waals surface area contributed by atoms with Crippen LogP contribution in [0.3, 0.4) is 0 Å². The van der Waals surface area contributed by atoms with Crippen molar-refractivity contribution in [3.8, 4) is 0 Å². The molecular weight excluding hydrogens is 210 g/mol. The van der Waals surface area contributed by atoms with E-state index in [1.807, 2.05) is 0 Å². The van der Waals surface area contributed by atoms with Crippen molar-refractivity contribution in [1.29, 1.82) is 0 Å². The van der Waals surface area contributed by atoms with Crippen LogP contribution in [0.15, 0.2) is 6.33 Å². The Kier molecular flexibility index (Phi) is 1.84. The summed E-state index contributed by atoms with van der Waals surface area (Å²) < 4.78 is 25.8. The molecule has 2 aromatic heterocycles. The van der Waals surface area contributed by atoms with Gasteiger partial charge in [0.25, 0.3) is 5.92 Å². The summed E-state index contributed by atoms with van der Waals surface area (Å²) >= 11 is 0.826. The Hall–Kier alpha value is -1.37. The Morgan fingerprint density at radius 1 is 1.43 bits per heavy atom. The fraction of sp³-hybridized carbons (Fsp3) is 0.286. The van der Waals surface area contributed by atoms with Crippen molar-refractivity contribution in [3.63, 3.8) is 0 Å². The second-order valence-electron chi connectivity index (χ2n) is 2.82. The molecule has 0 spiro atoms. The lowest BCUT2D eigenvalue weighted by molar-refractivity contribution is 0.0174. The van der Waals surface area contributed by atoms with Crippen LogP contribution in [0, 0.1) is 0 Å². The number of nitrogen functional groups attached to an aromatic ring is 1. The molecule has 0 aliphatic rings. The van der Waals surface area contributed by atoms with E-state index in [2.05, 4.69) is 15.0 Å². The van der Waals surface area contributed by atoms with E-state index in [1.54, 1.807) is 0 Å². The summed E-state index contributed by atoms with van der Waals surface area (Å²) in [5.74, 6) is -2.83. The highest BCUT2D eigenvalue weighted by molar-refractivity contribution is 7.18. The predicted octanol–water partition coefficient (Wildman–Crippen LogP) is 1.78. The van der Waals surface area contributed by atoms with Crippen molar-refractivity contribution in [2.24, 2.45) is 0 Å². The highest BCUT2D eigenvalue weighted by atomic mass is 32.1. The number of hydrogen-bond acceptors (Lipinski definition) is 5. The van der Waals surface area contributed by atoms with E-state index >= 15 is 0 Å². The summed E-state index contributed by atoms with van der Waals surface area (Å²) in [4.78, 5) is 11.6. The molecule has 2 aromatic rings. The molecule has 2 rings (SSSR count). The van der Waals surface area contributed by atoms with Gasteiger partial charge < -0.3 is 5.73 Å². The van der Waals surface area contributed by atoms with Crippen molar-refractivity contribution in [1.82, 2.24) is 15.0 Å². The maximum atomic E-state index is 12.9. The highest BCUT2D eigenvalue weighted by Crippen LogP contribution is 2.33. The molecule has 4 nitrogen and oxygen atoms in total. The molecule has 0 aliphatic heterocycles. The number of halogens is 2. The molecule has 2 heterocycles. The number of rotatable bonds is 1. The maximum absolute atomic E-state index is 12.9. The van der Waals surface area contributed by atoms with Crippen LogP contribution in [0.2, 0.25) is 0 Å². The van der Waals surface area contributed by atoms with Crippen LogP contribution < -0.4 is 5.73 Å². The zero-order chi connectivity index (χ0) is 10.3. The van der Waals surface area contributed by atoms with Gasteiger partial charge in [0.2, 0.25) is 0 Å². The molecule has 0 radical (unpaired) electrons. The van der Waals surface area contributed by atoms with Gasteiger partial charge in [-0.3, -0.25) is 0 Å². The van der Waals surface area contributed by atoms with E-state index in [0.29, 0.717) is 4.83 Å². The van der Waals surface area contributed by atoms with Gasteiger partial charge in [-0.1, -0.05) is 11.3 Å². The normalized spacial score (nSPS) is 12.2. The molecule has 0 amide bonds. The summed E-state index contributed by atoms with van der Waals surface area (Å²) in [6.45, 7) is 0.786. The number of fused-ring (bicyclic) bond motifs is 1. The first kappa shape index (κ1) is 9.20. The van der Waals surface area contributed by atoms with Crippen LogP contribution in [0.5, 0.6) is 0 Å². The minimum atomic E-state index is -2.96. The summed E-state index contributed by atoms with van der Waals surface area (Å²) in [6, 6.07) is 0. The van der Waals surface area contributed by atoms with E-state index in [0.717, 1.165) is 18.3 Å². The zero-order valence-corrected chi connectivity index (χ0v) is 7.98. The molecular formula is C7H6F2N4S. The van der Waals surface area contributed by atoms with Crippen LogP contribution in [0.4, 0.5) is 14.6 Å². The standard InChI is InChI=1S/C7H6F2N4S/c1-7(8,9)6-13-3-4(10)11-2-12-5(3)14-6/h2H,1H3,(H2,10,11,12). The van der Waals surface area contributed by atoms with Gasteiger partial charge in [0, 0.05) is 6.92 Å². The molecule has 0 aromatic carbocycles. The minimum Gasteiger partial charge on any atom is -0.382 e. The summed E-state index contributed by atoms with van der Waals surface area (Å²) in [5.41, 5.74) is 5.71. The third kappa shape index (κ3) is 1.39. The van der Waals surface area contributed by atoms with Gasteiger partial charge in [0.15, 0.2) is 10.8 Å². The number of thiazole rings is 1. The first-order chi connectivity index (χ1) is 6.48. The minimum absolute atomic E-state index is 0.127. The summed E-state index contributed by atoms with van der Waals surface area (Å²) in [5, 5.41) is -0.292. The number of alkyl halides is 2. The first-order valence-electron chi connectivity index (χ1n) is 3.74. The highest BCUT2D eigenvalue weighted by Gasteiger charge is 2.29. The van der Waals surface area contributed by atoms with Gasteiger partial charge in [0.1, 0.15) is 16.7 Å². The van der Waals surface area contributed by atoms with E-state index in [-0.39, 0.29) is 16.3 Å². The molecule has 0 unspecified atom stereocenters. The van der Waals surface area contributed by atoms with Crippen LogP contribution in [-0.2, 0) is 5.92 Å². The Bertz CT molecular complexity index is 476. The SMILES string of the molecule is CC(F)(F)c1nc2c(N)ncnc2s1. The lowest BCUT2D eigenvalue weighted by Crippen LogP contribution is -2.05. The molecule has 7 heteroatoms. The second-order valence-corrected chi connectivity index (χ2v) is 3.80. The second kappa shape index (κ2) is 2.81. The van der Waals surface area contributed by atoms with Crippen molar-refractivity contribution < 1.29 is 8.78 Å². The van der Waals surface area contributed by atoms with Crippen LogP contribution in [0.1, 0.15) is 11.9 Å². The van der Waals surface area contributed by atoms with Crippen LogP contribution >= 0.6 is 11.3 Å². The number of anilines is 1. The Balaban J connectivity index is 2.69. The van der Waals surface area contributed by atoms with Gasteiger partial charge >= 0.3 is 0 Å². The molecule has 0 fully saturated rings. The third-order valence-electron chi connectivity index (χ3n) is 1.60. The van der Waals surface area contributed by atoms with Crippen molar-refractivity contribution >= 4 is 27.5 Å². The molecule has 0 saturated carbocycles. The van der Waals surface area contributed by atoms with Gasteiger partial charge in [-0.25, -0.2) is 15.0 Å². The van der Waals surface area contributed by atoms with Crippen molar-refractivity contribution in [2.75, 3.05) is 5.73 Å². The lowest BCUT2D eigenvalue weighted by atomic mass is 10.4. The van der Waals surface area contributed by atoms with E-state index in [1.165, 1.54) is 6.33 Å². The lowest BCUT2D eigenvalue weighted by Gasteiger charge is -2.03. The number of nitrogens with two attached hydrogens (primary N) is 1. The first-order valence-corrected chi connectivity index (χ1v) is 4.55. The van der Waals surface area contributed by atoms with Crippen LogP contribution in [0.25, 0.3) is 10.3 Å². The fourth-order valence-corrected chi connectivity index (χ4v) is 1.80. The van der Waals surface area contributed by atoms with Crippen LogP contribution in [-0.4, -0.2) is 15.0 Å². The van der Waals surface area contributed by atoms with Gasteiger partial charge in [0.05, 0.1) is 0 Å². The molecule has 0 bridgehead atoms. The largest absolute Gasteiger partial charge is 0.382 e. The number of nitrogens with zero attached hydrogens (tertiary/aromatic N) is 3. The average Bonchev–Trinajstić information content (AvgIpc) is 2.48. The summed E-state index contributed by atoms with van der Waals surface area (Å²) in [6.07, 6.45) is 1.23. The van der Waals surface area contributed by atoms with Crippen molar-refractivity contribution in [2.45, 2.75) is 12.8 Å². The zero-order valence-electron chi connectivity index (χ0n) is 7.16. The smallest absolute Gasteiger partial charge is 0.296 e. The van der Waals surface area contributed by atoms with E-state index in [9.17, 15) is 8.78 Å². The number of aromatic nitrogens is 3. The van der Waals surface area contributed by atoms with E-state index in [4.69, 9.17) is 5.73 Å². The molecule has 2 N–H and O–H groups in total. The number of hydrogen-bond donors (Lipinski definition) is 1. The topological polar surface area (TPSA) is 64.7 Å². The molecule has 14 heavy (non-hydrogen) atoms. The Labute approximate surface area is 81.8 Å². The van der Waals surface area contributed by atoms with E-state index < -0.39 is 5.92 Å².